The summed E-state index contributed by atoms with van der Waals surface area (Å²) >= 11 is 0. The summed E-state index contributed by atoms with van der Waals surface area (Å²) in [6.07, 6.45) is 1.43. The molecule has 0 aliphatic rings. The van der Waals surface area contributed by atoms with Gasteiger partial charge in [0.15, 0.2) is 0 Å². The number of carboxylic acid groups (broad SMARTS) is 1. The molecule has 0 aliphatic carbocycles. The fraction of sp³-hybridized carbons (Fsp3) is 0.400. The van der Waals surface area contributed by atoms with Crippen molar-refractivity contribution in [2.75, 3.05) is 11.9 Å². The van der Waals surface area contributed by atoms with Gasteiger partial charge in [0.05, 0.1) is 24.0 Å². The van der Waals surface area contributed by atoms with Crippen LogP contribution in [-0.2, 0) is 0 Å². The van der Waals surface area contributed by atoms with E-state index >= 15 is 0 Å². The highest BCUT2D eigenvalue weighted by molar-refractivity contribution is 5.85. The number of hydrogen-bond acceptors (Lipinski definition) is 4. The highest BCUT2D eigenvalue weighted by atomic mass is 16.4. The first-order chi connectivity index (χ1) is 6.94. The molecule has 5 nitrogen and oxygen atoms in total. The molecule has 82 valence electrons. The van der Waals surface area contributed by atoms with Crippen molar-refractivity contribution < 1.29 is 15.0 Å². The second-order valence-electron chi connectivity index (χ2n) is 3.90. The molecule has 0 spiro atoms. The van der Waals surface area contributed by atoms with E-state index in [1.807, 2.05) is 13.8 Å². The lowest BCUT2D eigenvalue weighted by molar-refractivity contribution is 0.0690. The Hall–Kier alpha value is -1.62. The van der Waals surface area contributed by atoms with E-state index < -0.39 is 11.5 Å². The van der Waals surface area contributed by atoms with Crippen LogP contribution in [0.25, 0.3) is 0 Å². The third-order valence-corrected chi connectivity index (χ3v) is 1.86. The maximum atomic E-state index is 10.5. The summed E-state index contributed by atoms with van der Waals surface area (Å²) in [4.78, 5) is 14.3. The lowest BCUT2D eigenvalue weighted by Crippen LogP contribution is -2.34. The maximum absolute atomic E-state index is 10.5. The summed E-state index contributed by atoms with van der Waals surface area (Å²) in [5, 5.41) is 20.7. The van der Waals surface area contributed by atoms with Crippen LogP contribution in [0, 0.1) is 0 Å². The summed E-state index contributed by atoms with van der Waals surface area (Å²) in [7, 11) is 0. The number of aromatic carboxylic acids is 1. The Balaban J connectivity index is 2.77. The number of anilines is 1. The minimum atomic E-state index is -1.05. The predicted octanol–water partition coefficient (Wildman–Crippen LogP) is 0.963. The molecule has 0 aliphatic heterocycles. The lowest BCUT2D eigenvalue weighted by atomic mass is 10.1. The number of aliphatic hydroxyl groups excluding tert-OH is 1. The van der Waals surface area contributed by atoms with Gasteiger partial charge in [-0.1, -0.05) is 0 Å². The van der Waals surface area contributed by atoms with Crippen LogP contribution in [-0.4, -0.2) is 33.3 Å². The predicted molar refractivity (Wildman–Crippen MR) is 56.0 cm³/mol. The Morgan fingerprint density at radius 3 is 2.60 bits per heavy atom. The molecule has 0 unspecified atom stereocenters. The number of rotatable bonds is 4. The molecule has 0 aromatic carbocycles. The number of nitrogens with one attached hydrogen (secondary N) is 1. The number of hydrogen-bond donors (Lipinski definition) is 3. The molecular weight excluding hydrogens is 196 g/mol. The summed E-state index contributed by atoms with van der Waals surface area (Å²) in [6, 6.07) is 3.03. The quantitative estimate of drug-likeness (QED) is 0.689. The van der Waals surface area contributed by atoms with Crippen LogP contribution in [0.1, 0.15) is 24.3 Å². The Morgan fingerprint density at radius 1 is 1.53 bits per heavy atom. The largest absolute Gasteiger partial charge is 0.477 e. The molecule has 15 heavy (non-hydrogen) atoms. The topological polar surface area (TPSA) is 82.5 Å². The Labute approximate surface area is 87.8 Å². The van der Waals surface area contributed by atoms with Crippen LogP contribution in [0.5, 0.6) is 0 Å². The van der Waals surface area contributed by atoms with E-state index in [0.29, 0.717) is 5.69 Å². The van der Waals surface area contributed by atoms with E-state index in [9.17, 15) is 4.79 Å². The molecule has 0 saturated heterocycles. The summed E-state index contributed by atoms with van der Waals surface area (Å²) in [5.74, 6) is -1.05. The van der Waals surface area contributed by atoms with Gasteiger partial charge < -0.3 is 15.5 Å². The van der Waals surface area contributed by atoms with Crippen molar-refractivity contribution >= 4 is 11.7 Å². The normalized spacial score (nSPS) is 11.1. The Bertz CT molecular complexity index is 346. The standard InChI is InChI=1S/C10H14N2O3/c1-10(2,6-13)12-7-3-4-8(9(14)15)11-5-7/h3-5,12-13H,6H2,1-2H3,(H,14,15). The average Bonchev–Trinajstić information content (AvgIpc) is 2.18. The van der Waals surface area contributed by atoms with Gasteiger partial charge in [-0.15, -0.1) is 0 Å². The zero-order valence-corrected chi connectivity index (χ0v) is 8.69. The van der Waals surface area contributed by atoms with Crippen LogP contribution >= 0.6 is 0 Å². The van der Waals surface area contributed by atoms with Crippen molar-refractivity contribution in [2.24, 2.45) is 0 Å². The second-order valence-corrected chi connectivity index (χ2v) is 3.90. The van der Waals surface area contributed by atoms with Crippen molar-refractivity contribution in [3.63, 3.8) is 0 Å². The van der Waals surface area contributed by atoms with Crippen molar-refractivity contribution in [1.29, 1.82) is 0 Å². The summed E-state index contributed by atoms with van der Waals surface area (Å²) in [5.41, 5.74) is 0.230. The van der Waals surface area contributed by atoms with Gasteiger partial charge in [0.25, 0.3) is 0 Å². The highest BCUT2D eigenvalue weighted by Crippen LogP contribution is 2.13. The van der Waals surface area contributed by atoms with Crippen LogP contribution in [0.15, 0.2) is 18.3 Å². The van der Waals surface area contributed by atoms with Crippen LogP contribution in [0.4, 0.5) is 5.69 Å². The summed E-state index contributed by atoms with van der Waals surface area (Å²) in [6.45, 7) is 3.64. The number of aromatic nitrogens is 1. The first kappa shape index (κ1) is 11.5. The molecule has 1 heterocycles. The van der Waals surface area contributed by atoms with Crippen molar-refractivity contribution in [2.45, 2.75) is 19.4 Å². The highest BCUT2D eigenvalue weighted by Gasteiger charge is 2.15. The molecule has 0 amide bonds. The molecule has 0 radical (unpaired) electrons. The Morgan fingerprint density at radius 2 is 2.20 bits per heavy atom. The van der Waals surface area contributed by atoms with Crippen LogP contribution < -0.4 is 5.32 Å². The molecular formula is C10H14N2O3. The minimum absolute atomic E-state index is 0.00218. The third-order valence-electron chi connectivity index (χ3n) is 1.86. The molecule has 1 rings (SSSR count). The molecule has 1 aromatic heterocycles. The lowest BCUT2D eigenvalue weighted by Gasteiger charge is -2.24. The van der Waals surface area contributed by atoms with Gasteiger partial charge in [-0.05, 0) is 26.0 Å². The molecule has 3 N–H and O–H groups in total. The molecule has 0 saturated carbocycles. The van der Waals surface area contributed by atoms with Crippen molar-refractivity contribution in [1.82, 2.24) is 4.98 Å². The van der Waals surface area contributed by atoms with E-state index in [-0.39, 0.29) is 12.3 Å². The smallest absolute Gasteiger partial charge is 0.354 e. The van der Waals surface area contributed by atoms with Gasteiger partial charge in [-0.25, -0.2) is 9.78 Å². The fourth-order valence-electron chi connectivity index (χ4n) is 1.02. The molecule has 1 aromatic rings. The van der Waals surface area contributed by atoms with E-state index in [4.69, 9.17) is 10.2 Å². The van der Waals surface area contributed by atoms with E-state index in [1.165, 1.54) is 12.3 Å². The fourth-order valence-corrected chi connectivity index (χ4v) is 1.02. The number of aliphatic hydroxyl groups is 1. The van der Waals surface area contributed by atoms with E-state index in [0.717, 1.165) is 0 Å². The van der Waals surface area contributed by atoms with Gasteiger partial charge >= 0.3 is 5.97 Å². The first-order valence-corrected chi connectivity index (χ1v) is 4.53. The molecule has 0 bridgehead atoms. The number of pyridine rings is 1. The molecule has 0 atom stereocenters. The zero-order chi connectivity index (χ0) is 11.5. The minimum Gasteiger partial charge on any atom is -0.477 e. The van der Waals surface area contributed by atoms with Crippen molar-refractivity contribution in [3.8, 4) is 0 Å². The van der Waals surface area contributed by atoms with Gasteiger partial charge in [0.1, 0.15) is 5.69 Å². The summed E-state index contributed by atoms with van der Waals surface area (Å²) < 4.78 is 0. The number of nitrogens with zero attached hydrogens (tertiary/aromatic N) is 1. The van der Waals surface area contributed by atoms with Crippen LogP contribution in [0.2, 0.25) is 0 Å². The van der Waals surface area contributed by atoms with E-state index in [1.54, 1.807) is 6.07 Å². The van der Waals surface area contributed by atoms with E-state index in [2.05, 4.69) is 10.3 Å². The van der Waals surface area contributed by atoms with Gasteiger partial charge in [-0.2, -0.15) is 0 Å². The Kier molecular flexibility index (Phi) is 3.26. The van der Waals surface area contributed by atoms with Crippen molar-refractivity contribution in [3.05, 3.63) is 24.0 Å². The maximum Gasteiger partial charge on any atom is 0.354 e. The van der Waals surface area contributed by atoms with Crippen LogP contribution in [0.3, 0.4) is 0 Å². The molecule has 5 heteroatoms. The molecule has 0 fully saturated rings. The second kappa shape index (κ2) is 4.27. The zero-order valence-electron chi connectivity index (χ0n) is 8.69. The van der Waals surface area contributed by atoms with Gasteiger partial charge in [0.2, 0.25) is 0 Å². The average molecular weight is 210 g/mol. The van der Waals surface area contributed by atoms with Gasteiger partial charge in [0, 0.05) is 0 Å². The number of carbonyl (C=O) groups is 1. The monoisotopic (exact) mass is 210 g/mol. The number of carboxylic acids is 1. The third kappa shape index (κ3) is 3.21. The van der Waals surface area contributed by atoms with Gasteiger partial charge in [-0.3, -0.25) is 0 Å². The first-order valence-electron chi connectivity index (χ1n) is 4.53. The SMILES string of the molecule is CC(C)(CO)Nc1ccc(C(=O)O)nc1.